The normalized spacial score (nSPS) is 21.3. The van der Waals surface area contributed by atoms with E-state index in [1.54, 1.807) is 17.4 Å². The number of thiophene rings is 1. The zero-order valence-corrected chi connectivity index (χ0v) is 21.2. The summed E-state index contributed by atoms with van der Waals surface area (Å²) in [6.07, 6.45) is 2.11. The van der Waals surface area contributed by atoms with Crippen molar-refractivity contribution in [2.24, 2.45) is 5.92 Å². The van der Waals surface area contributed by atoms with Gasteiger partial charge in [-0.15, -0.1) is 0 Å². The van der Waals surface area contributed by atoms with Gasteiger partial charge in [-0.05, 0) is 94.7 Å². The topological polar surface area (TPSA) is 23.6 Å². The van der Waals surface area contributed by atoms with Gasteiger partial charge in [-0.3, -0.25) is 4.79 Å². The van der Waals surface area contributed by atoms with Crippen LogP contribution in [0, 0.1) is 11.7 Å². The van der Waals surface area contributed by atoms with E-state index in [-0.39, 0.29) is 11.7 Å². The van der Waals surface area contributed by atoms with Crippen molar-refractivity contribution < 1.29 is 9.18 Å². The van der Waals surface area contributed by atoms with Crippen molar-refractivity contribution in [3.8, 4) is 0 Å². The predicted octanol–water partition coefficient (Wildman–Crippen LogP) is 6.78. The van der Waals surface area contributed by atoms with E-state index < -0.39 is 0 Å². The summed E-state index contributed by atoms with van der Waals surface area (Å²) in [6, 6.07) is 23.5. The molecule has 5 heteroatoms. The van der Waals surface area contributed by atoms with Gasteiger partial charge in [-0.2, -0.15) is 11.3 Å². The molecule has 0 saturated carbocycles. The molecule has 2 unspecified atom stereocenters. The van der Waals surface area contributed by atoms with Crippen LogP contribution in [0.4, 0.5) is 4.39 Å². The second-order valence-corrected chi connectivity index (χ2v) is 11.1. The smallest absolute Gasteiger partial charge is 0.254 e. The van der Waals surface area contributed by atoms with Crippen molar-refractivity contribution in [1.82, 2.24) is 9.80 Å². The number of likely N-dealkylation sites (tertiary alicyclic amines) is 2. The number of hydrogen-bond donors (Lipinski definition) is 0. The van der Waals surface area contributed by atoms with Gasteiger partial charge < -0.3 is 9.80 Å². The fraction of sp³-hybridized carbons (Fsp3) is 0.323. The Morgan fingerprint density at radius 2 is 1.72 bits per heavy atom. The van der Waals surface area contributed by atoms with Crippen LogP contribution < -0.4 is 0 Å². The summed E-state index contributed by atoms with van der Waals surface area (Å²) in [4.78, 5) is 18.4. The molecule has 0 N–H and O–H groups in total. The van der Waals surface area contributed by atoms with Crippen LogP contribution in [0.15, 0.2) is 83.6 Å². The average molecular weight is 499 g/mol. The zero-order chi connectivity index (χ0) is 24.5. The third-order valence-electron chi connectivity index (χ3n) is 8.12. The van der Waals surface area contributed by atoms with Gasteiger partial charge in [0.05, 0.1) is 0 Å². The van der Waals surface area contributed by atoms with Gasteiger partial charge in [-0.25, -0.2) is 4.39 Å². The lowest BCUT2D eigenvalue weighted by atomic mass is 9.87. The van der Waals surface area contributed by atoms with Crippen LogP contribution >= 0.6 is 11.3 Å². The van der Waals surface area contributed by atoms with Crippen LogP contribution in [0.1, 0.15) is 46.2 Å². The van der Waals surface area contributed by atoms with Gasteiger partial charge in [0.2, 0.25) is 0 Å². The third-order valence-corrected chi connectivity index (χ3v) is 8.82. The van der Waals surface area contributed by atoms with Crippen molar-refractivity contribution in [1.29, 1.82) is 0 Å². The lowest BCUT2D eigenvalue weighted by Crippen LogP contribution is -2.38. The minimum Gasteiger partial charge on any atom is -0.338 e. The van der Waals surface area contributed by atoms with E-state index in [0.29, 0.717) is 17.8 Å². The Kier molecular flexibility index (Phi) is 6.60. The maximum absolute atomic E-state index is 13.7. The zero-order valence-electron chi connectivity index (χ0n) is 20.4. The first-order valence-corrected chi connectivity index (χ1v) is 13.9. The predicted molar refractivity (Wildman–Crippen MR) is 145 cm³/mol. The molecule has 3 aromatic carbocycles. The van der Waals surface area contributed by atoms with Crippen LogP contribution in [0.2, 0.25) is 0 Å². The quantitative estimate of drug-likeness (QED) is 0.303. The standard InChI is InChI=1S/C31H31FN2OS/c32-27-8-3-7-24(17-27)22-11-14-33(15-12-22)18-26-19-34(20-30(26)25-13-16-36-21-25)31(35)29-10-4-6-23-5-1-2-9-28(23)29/h1-10,13,16-17,21-22,26,30H,11-12,14-15,18-20H2. The van der Waals surface area contributed by atoms with Crippen molar-refractivity contribution in [3.05, 3.63) is 106 Å². The second kappa shape index (κ2) is 10.2. The van der Waals surface area contributed by atoms with Gasteiger partial charge in [-0.1, -0.05) is 48.5 Å². The summed E-state index contributed by atoms with van der Waals surface area (Å²) in [5.41, 5.74) is 3.28. The van der Waals surface area contributed by atoms with Gasteiger partial charge in [0.15, 0.2) is 0 Å². The van der Waals surface area contributed by atoms with Crippen molar-refractivity contribution in [2.45, 2.75) is 24.7 Å². The number of nitrogens with zero attached hydrogens (tertiary/aromatic N) is 2. The van der Waals surface area contributed by atoms with Gasteiger partial charge in [0.1, 0.15) is 5.82 Å². The molecule has 2 aliphatic rings. The minimum absolute atomic E-state index is 0.138. The molecule has 36 heavy (non-hydrogen) atoms. The highest BCUT2D eigenvalue weighted by atomic mass is 32.1. The summed E-state index contributed by atoms with van der Waals surface area (Å²) in [6.45, 7) is 4.59. The molecule has 0 radical (unpaired) electrons. The number of hydrogen-bond acceptors (Lipinski definition) is 3. The monoisotopic (exact) mass is 498 g/mol. The number of benzene rings is 3. The summed E-state index contributed by atoms with van der Waals surface area (Å²) in [5, 5.41) is 6.53. The fourth-order valence-electron chi connectivity index (χ4n) is 6.21. The third kappa shape index (κ3) is 4.70. The van der Waals surface area contributed by atoms with Crippen LogP contribution in [0.5, 0.6) is 0 Å². The molecule has 3 nitrogen and oxygen atoms in total. The van der Waals surface area contributed by atoms with Gasteiger partial charge in [0.25, 0.3) is 5.91 Å². The second-order valence-electron chi connectivity index (χ2n) is 10.3. The van der Waals surface area contributed by atoms with E-state index >= 15 is 0 Å². The van der Waals surface area contributed by atoms with Crippen LogP contribution in [-0.2, 0) is 0 Å². The van der Waals surface area contributed by atoms with Gasteiger partial charge >= 0.3 is 0 Å². The Balaban J connectivity index is 1.17. The summed E-state index contributed by atoms with van der Waals surface area (Å²) >= 11 is 1.73. The SMILES string of the molecule is O=C(c1cccc2ccccc12)N1CC(CN2CCC(c3cccc(F)c3)CC2)C(c2ccsc2)C1. The van der Waals surface area contributed by atoms with E-state index in [0.717, 1.165) is 67.5 Å². The minimum atomic E-state index is -0.143. The molecule has 0 aliphatic carbocycles. The highest BCUT2D eigenvalue weighted by molar-refractivity contribution is 7.08. The Hall–Kier alpha value is -3.02. The number of amides is 1. The highest BCUT2D eigenvalue weighted by Crippen LogP contribution is 2.37. The molecule has 2 saturated heterocycles. The molecule has 2 aliphatic heterocycles. The molecule has 1 aromatic heterocycles. The Morgan fingerprint density at radius 3 is 2.53 bits per heavy atom. The summed E-state index contributed by atoms with van der Waals surface area (Å²) in [7, 11) is 0. The number of piperidine rings is 1. The first kappa shape index (κ1) is 23.4. The number of carbonyl (C=O) groups is 1. The molecular formula is C31H31FN2OS. The van der Waals surface area contributed by atoms with Gasteiger partial charge in [0, 0.05) is 31.1 Å². The van der Waals surface area contributed by atoms with Crippen LogP contribution in [-0.4, -0.2) is 48.4 Å². The lowest BCUT2D eigenvalue weighted by Gasteiger charge is -2.34. The van der Waals surface area contributed by atoms with E-state index in [2.05, 4.69) is 50.9 Å². The van der Waals surface area contributed by atoms with E-state index in [1.165, 1.54) is 11.6 Å². The van der Waals surface area contributed by atoms with Crippen LogP contribution in [0.25, 0.3) is 10.8 Å². The fourth-order valence-corrected chi connectivity index (χ4v) is 6.93. The molecular weight excluding hydrogens is 467 g/mol. The van der Waals surface area contributed by atoms with Crippen molar-refractivity contribution in [2.75, 3.05) is 32.7 Å². The largest absolute Gasteiger partial charge is 0.338 e. The first-order valence-electron chi connectivity index (χ1n) is 12.9. The molecule has 3 heterocycles. The first-order chi connectivity index (χ1) is 17.7. The average Bonchev–Trinajstić information content (AvgIpc) is 3.59. The van der Waals surface area contributed by atoms with E-state index in [9.17, 15) is 9.18 Å². The van der Waals surface area contributed by atoms with E-state index in [1.807, 2.05) is 30.3 Å². The Morgan fingerprint density at radius 1 is 0.917 bits per heavy atom. The summed E-state index contributed by atoms with van der Waals surface area (Å²) < 4.78 is 13.7. The molecule has 0 spiro atoms. The molecule has 4 aromatic rings. The molecule has 0 bridgehead atoms. The number of fused-ring (bicyclic) bond motifs is 1. The van der Waals surface area contributed by atoms with E-state index in [4.69, 9.17) is 0 Å². The Labute approximate surface area is 216 Å². The number of halogens is 1. The summed E-state index contributed by atoms with van der Waals surface area (Å²) in [5.74, 6) is 1.19. The Bertz CT molecular complexity index is 1340. The van der Waals surface area contributed by atoms with Crippen molar-refractivity contribution >= 4 is 28.0 Å². The maximum Gasteiger partial charge on any atom is 0.254 e. The highest BCUT2D eigenvalue weighted by Gasteiger charge is 2.38. The molecule has 2 fully saturated rings. The molecule has 6 rings (SSSR count). The number of rotatable bonds is 5. The number of carbonyl (C=O) groups excluding carboxylic acids is 1. The lowest BCUT2D eigenvalue weighted by molar-refractivity contribution is 0.0783. The molecule has 1 amide bonds. The van der Waals surface area contributed by atoms with Crippen molar-refractivity contribution in [3.63, 3.8) is 0 Å². The van der Waals surface area contributed by atoms with Crippen LogP contribution in [0.3, 0.4) is 0 Å². The molecule has 184 valence electrons. The maximum atomic E-state index is 13.7. The molecule has 2 atom stereocenters.